The molecular weight excluding hydrogens is 306 g/mol. The Morgan fingerprint density at radius 1 is 1.38 bits per heavy atom. The van der Waals surface area contributed by atoms with Gasteiger partial charge in [0.1, 0.15) is 5.76 Å². The summed E-state index contributed by atoms with van der Waals surface area (Å²) in [7, 11) is 0. The van der Waals surface area contributed by atoms with Crippen molar-refractivity contribution in [2.24, 2.45) is 5.92 Å². The molecule has 1 saturated heterocycles. The summed E-state index contributed by atoms with van der Waals surface area (Å²) in [4.78, 5) is 26.4. The second kappa shape index (κ2) is 7.36. The molecule has 2 aliphatic rings. The minimum atomic E-state index is -0.173. The van der Waals surface area contributed by atoms with Gasteiger partial charge in [-0.05, 0) is 31.6 Å². The molecule has 6 nitrogen and oxygen atoms in total. The number of hydrogen-bond donors (Lipinski definition) is 1. The molecule has 0 unspecified atom stereocenters. The molecule has 1 aromatic heterocycles. The van der Waals surface area contributed by atoms with Crippen LogP contribution < -0.4 is 5.32 Å². The highest BCUT2D eigenvalue weighted by Gasteiger charge is 2.32. The van der Waals surface area contributed by atoms with E-state index in [0.29, 0.717) is 31.1 Å². The minimum absolute atomic E-state index is 0.0776. The standard InChI is InChI=1S/C18H27N3O3/c1-3-4-5-17(22)21-9-8-14(12(2)11-21)19-18(23)15-10-16(24-20-15)13-6-7-13/h10,12-14H,3-9,11H2,1-2H3,(H,19,23)/t12-,14-/m1/s1. The largest absolute Gasteiger partial charge is 0.360 e. The van der Waals surface area contributed by atoms with Crippen molar-refractivity contribution in [3.05, 3.63) is 17.5 Å². The van der Waals surface area contributed by atoms with Gasteiger partial charge in [-0.3, -0.25) is 9.59 Å². The molecule has 6 heteroatoms. The van der Waals surface area contributed by atoms with Gasteiger partial charge < -0.3 is 14.7 Å². The van der Waals surface area contributed by atoms with Crippen molar-refractivity contribution in [1.29, 1.82) is 0 Å². The quantitative estimate of drug-likeness (QED) is 0.868. The second-order valence-electron chi connectivity index (χ2n) is 7.18. The fourth-order valence-corrected chi connectivity index (χ4v) is 3.27. The number of piperidine rings is 1. The minimum Gasteiger partial charge on any atom is -0.360 e. The van der Waals surface area contributed by atoms with Crippen LogP contribution in [0.4, 0.5) is 0 Å². The van der Waals surface area contributed by atoms with E-state index >= 15 is 0 Å². The third kappa shape index (κ3) is 3.97. The molecule has 3 rings (SSSR count). The number of aromatic nitrogens is 1. The van der Waals surface area contributed by atoms with Gasteiger partial charge in [0, 0.05) is 37.5 Å². The van der Waals surface area contributed by atoms with Crippen LogP contribution in [0.1, 0.15) is 74.5 Å². The van der Waals surface area contributed by atoms with Crippen LogP contribution in [0, 0.1) is 5.92 Å². The summed E-state index contributed by atoms with van der Waals surface area (Å²) < 4.78 is 5.25. The summed E-state index contributed by atoms with van der Waals surface area (Å²) in [6.07, 6.45) is 5.64. The van der Waals surface area contributed by atoms with Crippen molar-refractivity contribution in [1.82, 2.24) is 15.4 Å². The first-order chi connectivity index (χ1) is 11.6. The lowest BCUT2D eigenvalue weighted by Gasteiger charge is -2.37. The van der Waals surface area contributed by atoms with E-state index in [1.54, 1.807) is 6.07 Å². The molecule has 1 aliphatic carbocycles. The van der Waals surface area contributed by atoms with E-state index in [2.05, 4.69) is 24.3 Å². The lowest BCUT2D eigenvalue weighted by atomic mass is 9.93. The monoisotopic (exact) mass is 333 g/mol. The van der Waals surface area contributed by atoms with Gasteiger partial charge >= 0.3 is 0 Å². The average molecular weight is 333 g/mol. The van der Waals surface area contributed by atoms with E-state index in [9.17, 15) is 9.59 Å². The van der Waals surface area contributed by atoms with Gasteiger partial charge in [-0.15, -0.1) is 0 Å². The maximum Gasteiger partial charge on any atom is 0.273 e. The number of carbonyl (C=O) groups excluding carboxylic acids is 2. The molecule has 24 heavy (non-hydrogen) atoms. The first-order valence-corrected chi connectivity index (χ1v) is 9.13. The number of amides is 2. The Morgan fingerprint density at radius 3 is 2.83 bits per heavy atom. The highest BCUT2D eigenvalue weighted by molar-refractivity contribution is 5.92. The molecule has 2 fully saturated rings. The number of likely N-dealkylation sites (tertiary alicyclic amines) is 1. The third-order valence-corrected chi connectivity index (χ3v) is 5.06. The van der Waals surface area contributed by atoms with Crippen LogP contribution >= 0.6 is 0 Å². The molecule has 0 spiro atoms. The smallest absolute Gasteiger partial charge is 0.273 e. The van der Waals surface area contributed by atoms with Gasteiger partial charge in [0.05, 0.1) is 0 Å². The topological polar surface area (TPSA) is 75.4 Å². The summed E-state index contributed by atoms with van der Waals surface area (Å²) in [5, 5.41) is 6.95. The molecular formula is C18H27N3O3. The predicted octanol–water partition coefficient (Wildman–Crippen LogP) is 2.71. The lowest BCUT2D eigenvalue weighted by molar-refractivity contribution is -0.133. The molecule has 1 aromatic rings. The van der Waals surface area contributed by atoms with Gasteiger partial charge in [-0.2, -0.15) is 0 Å². The molecule has 1 saturated carbocycles. The zero-order chi connectivity index (χ0) is 17.1. The fourth-order valence-electron chi connectivity index (χ4n) is 3.27. The molecule has 1 N–H and O–H groups in total. The molecule has 0 radical (unpaired) electrons. The summed E-state index contributed by atoms with van der Waals surface area (Å²) in [6.45, 7) is 5.60. The Bertz CT molecular complexity index is 594. The van der Waals surface area contributed by atoms with Gasteiger partial charge in [0.2, 0.25) is 5.91 Å². The first kappa shape index (κ1) is 17.0. The lowest BCUT2D eigenvalue weighted by Crippen LogP contribution is -2.51. The van der Waals surface area contributed by atoms with Crippen LogP contribution in [-0.4, -0.2) is 41.0 Å². The van der Waals surface area contributed by atoms with E-state index < -0.39 is 0 Å². The summed E-state index contributed by atoms with van der Waals surface area (Å²) in [5.41, 5.74) is 0.366. The van der Waals surface area contributed by atoms with Crippen molar-refractivity contribution in [3.63, 3.8) is 0 Å². The second-order valence-corrected chi connectivity index (χ2v) is 7.18. The van der Waals surface area contributed by atoms with Gasteiger partial charge in [0.15, 0.2) is 5.69 Å². The highest BCUT2D eigenvalue weighted by atomic mass is 16.5. The highest BCUT2D eigenvalue weighted by Crippen LogP contribution is 2.40. The predicted molar refractivity (Wildman–Crippen MR) is 89.6 cm³/mol. The number of unbranched alkanes of at least 4 members (excludes halogenated alkanes) is 1. The number of rotatable bonds is 6. The molecule has 1 aliphatic heterocycles. The normalized spacial score (nSPS) is 24.0. The van der Waals surface area contributed by atoms with Gasteiger partial charge in [0.25, 0.3) is 5.91 Å². The van der Waals surface area contributed by atoms with Crippen molar-refractivity contribution in [2.75, 3.05) is 13.1 Å². The van der Waals surface area contributed by atoms with Gasteiger partial charge in [-0.25, -0.2) is 0 Å². The maximum atomic E-state index is 12.4. The van der Waals surface area contributed by atoms with E-state index in [0.717, 1.165) is 37.9 Å². The van der Waals surface area contributed by atoms with Crippen LogP contribution in [0.3, 0.4) is 0 Å². The van der Waals surface area contributed by atoms with Crippen molar-refractivity contribution >= 4 is 11.8 Å². The maximum absolute atomic E-state index is 12.4. The Morgan fingerprint density at radius 2 is 2.17 bits per heavy atom. The number of nitrogens with zero attached hydrogens (tertiary/aromatic N) is 2. The summed E-state index contributed by atoms with van der Waals surface area (Å²) in [6, 6.07) is 1.84. The Hall–Kier alpha value is -1.85. The Labute approximate surface area is 142 Å². The molecule has 132 valence electrons. The Balaban J connectivity index is 1.50. The van der Waals surface area contributed by atoms with Gasteiger partial charge in [-0.1, -0.05) is 25.4 Å². The van der Waals surface area contributed by atoms with E-state index in [4.69, 9.17) is 4.52 Å². The van der Waals surface area contributed by atoms with Crippen LogP contribution in [0.15, 0.2) is 10.6 Å². The van der Waals surface area contributed by atoms with E-state index in [1.165, 1.54) is 0 Å². The third-order valence-electron chi connectivity index (χ3n) is 5.06. The zero-order valence-corrected chi connectivity index (χ0v) is 14.6. The van der Waals surface area contributed by atoms with Crippen molar-refractivity contribution in [3.8, 4) is 0 Å². The van der Waals surface area contributed by atoms with Crippen molar-refractivity contribution < 1.29 is 14.1 Å². The summed E-state index contributed by atoms with van der Waals surface area (Å²) in [5.74, 6) is 1.58. The first-order valence-electron chi connectivity index (χ1n) is 9.13. The van der Waals surface area contributed by atoms with Crippen LogP contribution in [0.2, 0.25) is 0 Å². The molecule has 2 heterocycles. The van der Waals surface area contributed by atoms with Crippen LogP contribution in [-0.2, 0) is 4.79 Å². The number of nitrogens with one attached hydrogen (secondary N) is 1. The molecule has 2 amide bonds. The summed E-state index contributed by atoms with van der Waals surface area (Å²) >= 11 is 0. The molecule has 0 aromatic carbocycles. The zero-order valence-electron chi connectivity index (χ0n) is 14.6. The van der Waals surface area contributed by atoms with E-state index in [1.807, 2.05) is 4.90 Å². The Kier molecular flexibility index (Phi) is 5.21. The van der Waals surface area contributed by atoms with Crippen molar-refractivity contribution in [2.45, 2.75) is 64.3 Å². The molecule has 0 bridgehead atoms. The average Bonchev–Trinajstić information content (AvgIpc) is 3.31. The molecule has 2 atom stereocenters. The number of carbonyl (C=O) groups is 2. The SMILES string of the molecule is CCCCC(=O)N1CC[C@@H](NC(=O)c2cc(C3CC3)on2)[C@H](C)C1. The number of hydrogen-bond acceptors (Lipinski definition) is 4. The fraction of sp³-hybridized carbons (Fsp3) is 0.722. The van der Waals surface area contributed by atoms with Crippen LogP contribution in [0.5, 0.6) is 0 Å². The van der Waals surface area contributed by atoms with E-state index in [-0.39, 0.29) is 23.8 Å². The van der Waals surface area contributed by atoms with Crippen LogP contribution in [0.25, 0.3) is 0 Å².